The van der Waals surface area contributed by atoms with Crippen LogP contribution in [0.15, 0.2) is 65.7 Å². The molecule has 0 amide bonds. The molecule has 2 aliphatic heterocycles. The number of aliphatic imine (C=N–C) groups is 1. The van der Waals surface area contributed by atoms with Gasteiger partial charge in [-0.1, -0.05) is 36.0 Å². The molecule has 0 radical (unpaired) electrons. The molecule has 0 aromatic heterocycles. The first-order valence-corrected chi connectivity index (χ1v) is 14.0. The van der Waals surface area contributed by atoms with Crippen LogP contribution in [0, 0.1) is 0 Å². The fraction of sp³-hybridized carbons (Fsp3) is 0.414. The molecule has 1 saturated heterocycles. The van der Waals surface area contributed by atoms with E-state index in [2.05, 4.69) is 41.1 Å². The van der Waals surface area contributed by atoms with E-state index >= 15 is 0 Å². The highest BCUT2D eigenvalue weighted by atomic mass is 32.2. The number of piperidine rings is 1. The van der Waals surface area contributed by atoms with E-state index in [0.29, 0.717) is 18.2 Å². The third-order valence-electron chi connectivity index (χ3n) is 6.52. The number of carbonyl (C=O) groups is 2. The highest BCUT2D eigenvalue weighted by molar-refractivity contribution is 8.13. The van der Waals surface area contributed by atoms with Gasteiger partial charge in [-0.05, 0) is 56.0 Å². The van der Waals surface area contributed by atoms with E-state index in [1.165, 1.54) is 43.1 Å². The Kier molecular flexibility index (Phi) is 12.2. The maximum atomic E-state index is 9.55. The van der Waals surface area contributed by atoms with Crippen molar-refractivity contribution in [2.45, 2.75) is 37.5 Å². The molecule has 0 bridgehead atoms. The number of benzene rings is 2. The van der Waals surface area contributed by atoms with E-state index in [9.17, 15) is 9.59 Å². The first-order chi connectivity index (χ1) is 18.9. The minimum Gasteiger partial charge on any atom is -0.497 e. The summed E-state index contributed by atoms with van der Waals surface area (Å²) >= 11 is 1.87. The molecule has 2 aromatic rings. The number of aliphatic carboxylic acids is 2. The standard InChI is InChI=1S/C25H33N3O2S.C4H4O4/c1-27(25-26-24-11-4-3-8-20(24)19-31-25)21-12-15-28(16-13-21)14-5-6-17-30-23-10-7-9-22(18-23)29-2;5-3(6)1-2-4(7)8/h3-4,7-11,18,21H,5-6,12-17,19H2,1-2H3;1-2H,(H,5,6)(H,7,8)/b;2-1+. The first kappa shape index (κ1) is 30.0. The Labute approximate surface area is 234 Å². The lowest BCUT2D eigenvalue weighted by Crippen LogP contribution is -2.45. The van der Waals surface area contributed by atoms with Gasteiger partial charge in [0.15, 0.2) is 5.17 Å². The average Bonchev–Trinajstić information content (AvgIpc) is 2.96. The highest BCUT2D eigenvalue weighted by Gasteiger charge is 2.26. The molecule has 0 saturated carbocycles. The summed E-state index contributed by atoms with van der Waals surface area (Å²) in [6, 6.07) is 16.9. The molecule has 210 valence electrons. The van der Waals surface area contributed by atoms with Crippen molar-refractivity contribution in [3.05, 3.63) is 66.2 Å². The lowest BCUT2D eigenvalue weighted by atomic mass is 10.0. The summed E-state index contributed by atoms with van der Waals surface area (Å²) < 4.78 is 11.1. The number of likely N-dealkylation sites (tertiary alicyclic amines) is 1. The van der Waals surface area contributed by atoms with E-state index in [-0.39, 0.29) is 0 Å². The minimum atomic E-state index is -1.26. The van der Waals surface area contributed by atoms with Gasteiger partial charge in [-0.2, -0.15) is 0 Å². The molecule has 2 aliphatic rings. The Morgan fingerprint density at radius 3 is 2.44 bits per heavy atom. The first-order valence-electron chi connectivity index (χ1n) is 13.0. The number of rotatable bonds is 10. The van der Waals surface area contributed by atoms with E-state index in [1.807, 2.05) is 36.0 Å². The van der Waals surface area contributed by atoms with Crippen molar-refractivity contribution in [1.29, 1.82) is 0 Å². The zero-order valence-corrected chi connectivity index (χ0v) is 23.3. The summed E-state index contributed by atoms with van der Waals surface area (Å²) in [6.45, 7) is 4.24. The van der Waals surface area contributed by atoms with Crippen LogP contribution < -0.4 is 9.47 Å². The highest BCUT2D eigenvalue weighted by Crippen LogP contribution is 2.33. The Morgan fingerprint density at radius 1 is 1.05 bits per heavy atom. The third kappa shape index (κ3) is 10.3. The fourth-order valence-corrected chi connectivity index (χ4v) is 5.39. The molecule has 0 atom stereocenters. The normalized spacial score (nSPS) is 15.5. The maximum absolute atomic E-state index is 9.55. The van der Waals surface area contributed by atoms with Gasteiger partial charge in [0, 0.05) is 50.2 Å². The van der Waals surface area contributed by atoms with E-state index in [4.69, 9.17) is 24.7 Å². The number of hydrogen-bond acceptors (Lipinski definition) is 8. The largest absolute Gasteiger partial charge is 0.497 e. The van der Waals surface area contributed by atoms with Crippen molar-refractivity contribution in [2.24, 2.45) is 4.99 Å². The van der Waals surface area contributed by atoms with Crippen molar-refractivity contribution < 1.29 is 29.3 Å². The smallest absolute Gasteiger partial charge is 0.328 e. The van der Waals surface area contributed by atoms with Crippen LogP contribution in [0.3, 0.4) is 0 Å². The van der Waals surface area contributed by atoms with Gasteiger partial charge in [-0.3, -0.25) is 0 Å². The van der Waals surface area contributed by atoms with Crippen molar-refractivity contribution in [1.82, 2.24) is 9.80 Å². The van der Waals surface area contributed by atoms with Crippen LogP contribution in [0.5, 0.6) is 11.5 Å². The second kappa shape index (κ2) is 15.8. The third-order valence-corrected chi connectivity index (χ3v) is 7.61. The van der Waals surface area contributed by atoms with E-state index in [0.717, 1.165) is 42.5 Å². The number of unbranched alkanes of at least 4 members (excludes halogenated alkanes) is 1. The van der Waals surface area contributed by atoms with Gasteiger partial charge in [-0.25, -0.2) is 14.6 Å². The summed E-state index contributed by atoms with van der Waals surface area (Å²) in [5.74, 6) is 0.233. The van der Waals surface area contributed by atoms with Crippen LogP contribution in [-0.2, 0) is 15.3 Å². The molecule has 39 heavy (non-hydrogen) atoms. The second-order valence-electron chi connectivity index (χ2n) is 9.24. The van der Waals surface area contributed by atoms with Gasteiger partial charge in [0.25, 0.3) is 0 Å². The number of fused-ring (bicyclic) bond motifs is 1. The van der Waals surface area contributed by atoms with Crippen molar-refractivity contribution in [3.63, 3.8) is 0 Å². The molecule has 10 heteroatoms. The molecule has 2 aromatic carbocycles. The van der Waals surface area contributed by atoms with Crippen LogP contribution in [-0.4, -0.2) is 83.6 Å². The number of amidine groups is 1. The van der Waals surface area contributed by atoms with Crippen LogP contribution in [0.2, 0.25) is 0 Å². The number of thioether (sulfide) groups is 1. The second-order valence-corrected chi connectivity index (χ2v) is 10.2. The molecule has 2 heterocycles. The maximum Gasteiger partial charge on any atom is 0.328 e. The van der Waals surface area contributed by atoms with Gasteiger partial charge in [0.2, 0.25) is 0 Å². The van der Waals surface area contributed by atoms with Gasteiger partial charge < -0.3 is 29.5 Å². The predicted octanol–water partition coefficient (Wildman–Crippen LogP) is 4.90. The van der Waals surface area contributed by atoms with Gasteiger partial charge >= 0.3 is 11.9 Å². The molecule has 2 N–H and O–H groups in total. The number of carboxylic acid groups (broad SMARTS) is 2. The van der Waals surface area contributed by atoms with Crippen LogP contribution in [0.25, 0.3) is 0 Å². The van der Waals surface area contributed by atoms with Gasteiger partial charge in [0.05, 0.1) is 19.4 Å². The van der Waals surface area contributed by atoms with Gasteiger partial charge in [0.1, 0.15) is 11.5 Å². The van der Waals surface area contributed by atoms with Crippen molar-refractivity contribution >= 4 is 34.6 Å². The summed E-state index contributed by atoms with van der Waals surface area (Å²) in [5.41, 5.74) is 2.48. The zero-order valence-electron chi connectivity index (χ0n) is 22.5. The lowest BCUT2D eigenvalue weighted by molar-refractivity contribution is -0.134. The van der Waals surface area contributed by atoms with E-state index in [1.54, 1.807) is 7.11 Å². The lowest BCUT2D eigenvalue weighted by Gasteiger charge is -2.38. The Balaban J connectivity index is 0.000000459. The van der Waals surface area contributed by atoms with Crippen LogP contribution in [0.4, 0.5) is 5.69 Å². The van der Waals surface area contributed by atoms with Crippen molar-refractivity contribution in [2.75, 3.05) is 40.4 Å². The zero-order chi connectivity index (χ0) is 28.0. The number of para-hydroxylation sites is 1. The SMILES string of the molecule is COc1cccc(OCCCCN2CCC(N(C)C3=Nc4ccccc4CS3)CC2)c1.O=C(O)/C=C/C(=O)O. The van der Waals surface area contributed by atoms with Crippen LogP contribution >= 0.6 is 11.8 Å². The summed E-state index contributed by atoms with van der Waals surface area (Å²) in [4.78, 5) is 29.0. The summed E-state index contributed by atoms with van der Waals surface area (Å²) in [6.07, 6.45) is 5.77. The topological polar surface area (TPSA) is 112 Å². The molecule has 1 fully saturated rings. The number of hydrogen-bond donors (Lipinski definition) is 2. The molecule has 0 unspecified atom stereocenters. The fourth-order valence-electron chi connectivity index (χ4n) is 4.35. The number of carboxylic acids is 2. The Hall–Kier alpha value is -3.50. The predicted molar refractivity (Wildman–Crippen MR) is 154 cm³/mol. The van der Waals surface area contributed by atoms with E-state index < -0.39 is 11.9 Å². The minimum absolute atomic E-state index is 0.558. The van der Waals surface area contributed by atoms with Gasteiger partial charge in [-0.15, -0.1) is 0 Å². The molecule has 9 nitrogen and oxygen atoms in total. The quantitative estimate of drug-likeness (QED) is 0.312. The number of methoxy groups -OCH3 is 1. The molecule has 0 spiro atoms. The average molecular weight is 556 g/mol. The van der Waals surface area contributed by atoms with Crippen LogP contribution in [0.1, 0.15) is 31.2 Å². The van der Waals surface area contributed by atoms with Crippen molar-refractivity contribution in [3.8, 4) is 11.5 Å². The Bertz CT molecular complexity index is 1130. The molecule has 4 rings (SSSR count). The monoisotopic (exact) mass is 555 g/mol. The molecular weight excluding hydrogens is 518 g/mol. The summed E-state index contributed by atoms with van der Waals surface area (Å²) in [7, 11) is 3.90. The molecular formula is C29H37N3O6S. The molecule has 0 aliphatic carbocycles. The number of nitrogens with zero attached hydrogens (tertiary/aromatic N) is 3. The summed E-state index contributed by atoms with van der Waals surface area (Å²) in [5, 5.41) is 16.8. The Morgan fingerprint density at radius 2 is 1.74 bits per heavy atom. The number of ether oxygens (including phenoxy) is 2.